The standard InChI is InChI=1S/C21H34O4/c1-4-5-6-7-8-9-10-11-12-13-14-15-16-19-20(24-17-23-3)18(2)25-21(19)22/h16,18,20H,4-13,17H2,1-3H3/b19-16+/t18-,20+/m0/s1. The van der Waals surface area contributed by atoms with Gasteiger partial charge in [0.15, 0.2) is 0 Å². The predicted octanol–water partition coefficient (Wildman–Crippen LogP) is 4.77. The molecule has 0 aromatic rings. The van der Waals surface area contributed by atoms with Crippen LogP contribution in [0.25, 0.3) is 0 Å². The lowest BCUT2D eigenvalue weighted by atomic mass is 10.1. The first-order valence-electron chi connectivity index (χ1n) is 9.70. The van der Waals surface area contributed by atoms with Crippen molar-refractivity contribution >= 4 is 5.97 Å². The molecule has 1 heterocycles. The fourth-order valence-corrected chi connectivity index (χ4v) is 2.90. The zero-order valence-corrected chi connectivity index (χ0v) is 16.1. The third kappa shape index (κ3) is 9.09. The van der Waals surface area contributed by atoms with Gasteiger partial charge in [-0.3, -0.25) is 0 Å². The summed E-state index contributed by atoms with van der Waals surface area (Å²) in [6, 6.07) is 0. The number of carbonyl (C=O) groups excluding carboxylic acids is 1. The number of esters is 1. The number of unbranched alkanes of at least 4 members (excludes halogenated alkanes) is 9. The van der Waals surface area contributed by atoms with E-state index in [1.807, 2.05) is 6.92 Å². The number of methoxy groups -OCH3 is 1. The van der Waals surface area contributed by atoms with Crippen molar-refractivity contribution in [2.24, 2.45) is 0 Å². The lowest BCUT2D eigenvalue weighted by Crippen LogP contribution is -2.23. The van der Waals surface area contributed by atoms with Crippen LogP contribution in [0.3, 0.4) is 0 Å². The second kappa shape index (κ2) is 13.9. The molecular weight excluding hydrogens is 316 g/mol. The summed E-state index contributed by atoms with van der Waals surface area (Å²) >= 11 is 0. The molecule has 1 aliphatic rings. The van der Waals surface area contributed by atoms with Crippen LogP contribution in [-0.4, -0.2) is 32.1 Å². The topological polar surface area (TPSA) is 44.8 Å². The van der Waals surface area contributed by atoms with Crippen molar-refractivity contribution in [3.63, 3.8) is 0 Å². The van der Waals surface area contributed by atoms with Gasteiger partial charge < -0.3 is 14.2 Å². The van der Waals surface area contributed by atoms with Gasteiger partial charge in [0.05, 0.1) is 5.57 Å². The first-order valence-corrected chi connectivity index (χ1v) is 9.70. The summed E-state index contributed by atoms with van der Waals surface area (Å²) in [4.78, 5) is 11.8. The second-order valence-corrected chi connectivity index (χ2v) is 6.60. The van der Waals surface area contributed by atoms with E-state index in [2.05, 4.69) is 18.8 Å². The number of rotatable bonds is 12. The maximum absolute atomic E-state index is 11.8. The van der Waals surface area contributed by atoms with E-state index in [4.69, 9.17) is 14.2 Å². The first kappa shape index (κ1) is 21.7. The van der Waals surface area contributed by atoms with Crippen molar-refractivity contribution in [3.8, 4) is 11.8 Å². The fourth-order valence-electron chi connectivity index (χ4n) is 2.90. The number of hydrogen-bond acceptors (Lipinski definition) is 4. The molecule has 0 aliphatic carbocycles. The highest BCUT2D eigenvalue weighted by molar-refractivity contribution is 5.92. The highest BCUT2D eigenvalue weighted by Gasteiger charge is 2.37. The summed E-state index contributed by atoms with van der Waals surface area (Å²) in [5, 5.41) is 0. The number of hydrogen-bond donors (Lipinski definition) is 0. The number of allylic oxidation sites excluding steroid dienone is 1. The van der Waals surface area contributed by atoms with Gasteiger partial charge in [0, 0.05) is 19.6 Å². The van der Waals surface area contributed by atoms with Crippen molar-refractivity contribution in [1.29, 1.82) is 0 Å². The SMILES string of the molecule is CCCCCCCCCCCC#C/C=C1/C(=O)O[C@@H](C)[C@H]1OCOC. The van der Waals surface area contributed by atoms with Gasteiger partial charge in [0.2, 0.25) is 0 Å². The molecule has 0 radical (unpaired) electrons. The summed E-state index contributed by atoms with van der Waals surface area (Å²) in [6.45, 7) is 4.20. The predicted molar refractivity (Wildman–Crippen MR) is 100 cm³/mol. The molecule has 1 saturated heterocycles. The molecule has 25 heavy (non-hydrogen) atoms. The summed E-state index contributed by atoms with van der Waals surface area (Å²) < 4.78 is 15.6. The van der Waals surface area contributed by atoms with Crippen LogP contribution in [0.4, 0.5) is 0 Å². The lowest BCUT2D eigenvalue weighted by Gasteiger charge is -2.13. The van der Waals surface area contributed by atoms with Gasteiger partial charge in [0.1, 0.15) is 19.0 Å². The Kier molecular flexibility index (Phi) is 12.1. The molecule has 0 aromatic heterocycles. The van der Waals surface area contributed by atoms with Gasteiger partial charge in [0.25, 0.3) is 0 Å². The molecule has 0 aromatic carbocycles. The molecule has 0 spiro atoms. The highest BCUT2D eigenvalue weighted by Crippen LogP contribution is 2.23. The minimum atomic E-state index is -0.394. The van der Waals surface area contributed by atoms with Crippen molar-refractivity contribution in [2.75, 3.05) is 13.9 Å². The van der Waals surface area contributed by atoms with Crippen molar-refractivity contribution in [2.45, 2.75) is 90.3 Å². The zero-order chi connectivity index (χ0) is 18.3. The third-order valence-electron chi connectivity index (χ3n) is 4.36. The summed E-state index contributed by atoms with van der Waals surface area (Å²) in [7, 11) is 1.55. The number of ether oxygens (including phenoxy) is 3. The minimum Gasteiger partial charge on any atom is -0.456 e. The normalized spacial score (nSPS) is 21.2. The Balaban J connectivity index is 2.19. The zero-order valence-electron chi connectivity index (χ0n) is 16.1. The van der Waals surface area contributed by atoms with Crippen LogP contribution < -0.4 is 0 Å². The van der Waals surface area contributed by atoms with Gasteiger partial charge >= 0.3 is 5.97 Å². The van der Waals surface area contributed by atoms with Gasteiger partial charge in [-0.05, 0) is 13.3 Å². The van der Waals surface area contributed by atoms with Gasteiger partial charge in [-0.25, -0.2) is 4.79 Å². The van der Waals surface area contributed by atoms with Gasteiger partial charge in [-0.2, -0.15) is 0 Å². The third-order valence-corrected chi connectivity index (χ3v) is 4.36. The number of carbonyl (C=O) groups is 1. The van der Waals surface area contributed by atoms with Gasteiger partial charge in [-0.1, -0.05) is 70.1 Å². The van der Waals surface area contributed by atoms with Crippen molar-refractivity contribution in [1.82, 2.24) is 0 Å². The maximum atomic E-state index is 11.8. The van der Waals surface area contributed by atoms with Crippen LogP contribution in [-0.2, 0) is 19.0 Å². The van der Waals surface area contributed by atoms with Crippen LogP contribution >= 0.6 is 0 Å². The van der Waals surface area contributed by atoms with E-state index in [0.29, 0.717) is 5.57 Å². The first-order chi connectivity index (χ1) is 12.2. The average Bonchev–Trinajstić information content (AvgIpc) is 2.87. The van der Waals surface area contributed by atoms with E-state index in [0.717, 1.165) is 12.8 Å². The molecule has 0 N–H and O–H groups in total. The summed E-state index contributed by atoms with van der Waals surface area (Å²) in [6.07, 6.45) is 13.6. The summed E-state index contributed by atoms with van der Waals surface area (Å²) in [5.41, 5.74) is 0.490. The molecule has 0 saturated carbocycles. The van der Waals surface area contributed by atoms with Gasteiger partial charge in [-0.15, -0.1) is 0 Å². The molecule has 142 valence electrons. The Morgan fingerprint density at radius 2 is 1.72 bits per heavy atom. The van der Waals surface area contributed by atoms with Crippen LogP contribution in [0.5, 0.6) is 0 Å². The molecule has 4 heteroatoms. The molecule has 0 bridgehead atoms. The summed E-state index contributed by atoms with van der Waals surface area (Å²) in [5.74, 6) is 5.76. The second-order valence-electron chi connectivity index (χ2n) is 6.60. The van der Waals surface area contributed by atoms with E-state index in [1.165, 1.54) is 51.4 Å². The molecule has 4 nitrogen and oxygen atoms in total. The van der Waals surface area contributed by atoms with Crippen LogP contribution in [0.1, 0.15) is 78.1 Å². The Bertz CT molecular complexity index is 458. The van der Waals surface area contributed by atoms with E-state index < -0.39 is 6.10 Å². The van der Waals surface area contributed by atoms with E-state index >= 15 is 0 Å². The lowest BCUT2D eigenvalue weighted by molar-refractivity contribution is -0.140. The molecule has 1 fully saturated rings. The smallest absolute Gasteiger partial charge is 0.337 e. The molecule has 0 unspecified atom stereocenters. The highest BCUT2D eigenvalue weighted by atomic mass is 16.7. The van der Waals surface area contributed by atoms with Crippen LogP contribution in [0.2, 0.25) is 0 Å². The Hall–Kier alpha value is -1.31. The molecule has 0 amide bonds. The number of cyclic esters (lactones) is 1. The monoisotopic (exact) mass is 350 g/mol. The average molecular weight is 350 g/mol. The molecular formula is C21H34O4. The van der Waals surface area contributed by atoms with E-state index in [-0.39, 0.29) is 18.9 Å². The fraction of sp³-hybridized carbons (Fsp3) is 0.762. The minimum absolute atomic E-state index is 0.134. The molecule has 2 atom stereocenters. The van der Waals surface area contributed by atoms with Crippen LogP contribution in [0, 0.1) is 11.8 Å². The quantitative estimate of drug-likeness (QED) is 0.167. The van der Waals surface area contributed by atoms with E-state index in [9.17, 15) is 4.79 Å². The Labute approximate surface area is 153 Å². The maximum Gasteiger partial charge on any atom is 0.337 e. The Morgan fingerprint density at radius 1 is 1.08 bits per heavy atom. The largest absolute Gasteiger partial charge is 0.456 e. The molecule has 1 aliphatic heterocycles. The van der Waals surface area contributed by atoms with E-state index in [1.54, 1.807) is 13.2 Å². The van der Waals surface area contributed by atoms with Crippen LogP contribution in [0.15, 0.2) is 11.6 Å². The van der Waals surface area contributed by atoms with Crippen molar-refractivity contribution in [3.05, 3.63) is 11.6 Å². The molecule has 1 rings (SSSR count). The van der Waals surface area contributed by atoms with Crippen molar-refractivity contribution < 1.29 is 19.0 Å². The Morgan fingerprint density at radius 3 is 2.36 bits per heavy atom.